The van der Waals surface area contributed by atoms with Crippen LogP contribution in [-0.4, -0.2) is 45.5 Å². The van der Waals surface area contributed by atoms with Gasteiger partial charge in [-0.3, -0.25) is 4.79 Å². The van der Waals surface area contributed by atoms with Gasteiger partial charge in [0, 0.05) is 23.9 Å². The second kappa shape index (κ2) is 6.72. The van der Waals surface area contributed by atoms with Gasteiger partial charge in [0.1, 0.15) is 0 Å². The number of hydrogen-bond donors (Lipinski definition) is 3. The molecule has 0 aliphatic carbocycles. The summed E-state index contributed by atoms with van der Waals surface area (Å²) in [5, 5.41) is 7.30. The van der Waals surface area contributed by atoms with Crippen LogP contribution in [0.15, 0.2) is 42.6 Å². The summed E-state index contributed by atoms with van der Waals surface area (Å²) in [6, 6.07) is 11.8. The molecule has 2 aliphatic heterocycles. The van der Waals surface area contributed by atoms with E-state index in [1.807, 2.05) is 30.3 Å². The van der Waals surface area contributed by atoms with E-state index in [0.717, 1.165) is 63.8 Å². The molecule has 3 N–H and O–H groups in total. The molecule has 8 heteroatoms. The van der Waals surface area contributed by atoms with Crippen LogP contribution in [0.4, 0.5) is 0 Å². The van der Waals surface area contributed by atoms with Crippen LogP contribution in [0.1, 0.15) is 28.9 Å². The van der Waals surface area contributed by atoms with Gasteiger partial charge in [-0.25, -0.2) is 15.0 Å². The first-order valence-electron chi connectivity index (χ1n) is 10.1. The molecule has 1 amide bonds. The standard InChI is InChI=1S/C22H20N6OS/c29-20-13-11-16(26-18(13)22(12-25-20)6-9-23-10-7-22)14-5-8-24-19(27-14)21-28-15-3-1-2-4-17(15)30-21/h1-5,8,11,23,26H,6-7,9-10,12H2,(H,25,29). The average Bonchev–Trinajstić information content (AvgIpc) is 3.43. The molecule has 1 saturated heterocycles. The molecule has 1 spiro atoms. The van der Waals surface area contributed by atoms with Crippen molar-refractivity contribution in [3.63, 3.8) is 0 Å². The first kappa shape index (κ1) is 17.7. The second-order valence-corrected chi connectivity index (χ2v) is 8.97. The van der Waals surface area contributed by atoms with Crippen LogP contribution in [0.5, 0.6) is 0 Å². The van der Waals surface area contributed by atoms with Crippen LogP contribution in [0, 0.1) is 0 Å². The highest BCUT2D eigenvalue weighted by Crippen LogP contribution is 2.39. The number of H-pyrrole nitrogens is 1. The van der Waals surface area contributed by atoms with Gasteiger partial charge in [0.05, 0.1) is 27.2 Å². The monoisotopic (exact) mass is 416 g/mol. The van der Waals surface area contributed by atoms with E-state index in [1.165, 1.54) is 0 Å². The molecule has 7 nitrogen and oxygen atoms in total. The summed E-state index contributed by atoms with van der Waals surface area (Å²) in [6.45, 7) is 2.60. The Morgan fingerprint density at radius 1 is 1.07 bits per heavy atom. The number of aromatic amines is 1. The predicted molar refractivity (Wildman–Crippen MR) is 117 cm³/mol. The molecule has 0 saturated carbocycles. The molecule has 2 aliphatic rings. The van der Waals surface area contributed by atoms with Gasteiger partial charge in [0.2, 0.25) is 0 Å². The van der Waals surface area contributed by atoms with Crippen LogP contribution in [0.25, 0.3) is 32.4 Å². The summed E-state index contributed by atoms with van der Waals surface area (Å²) in [4.78, 5) is 30.0. The average molecular weight is 417 g/mol. The fourth-order valence-electron chi connectivity index (χ4n) is 4.53. The van der Waals surface area contributed by atoms with E-state index >= 15 is 0 Å². The number of nitrogens with zero attached hydrogens (tertiary/aromatic N) is 3. The van der Waals surface area contributed by atoms with Crippen molar-refractivity contribution in [2.75, 3.05) is 19.6 Å². The number of rotatable bonds is 2. The molecule has 0 unspecified atom stereocenters. The Kier molecular flexibility index (Phi) is 3.97. The minimum Gasteiger partial charge on any atom is -0.356 e. The largest absolute Gasteiger partial charge is 0.356 e. The third kappa shape index (κ3) is 2.75. The first-order valence-corrected chi connectivity index (χ1v) is 11.0. The lowest BCUT2D eigenvalue weighted by molar-refractivity contribution is 0.0913. The molecule has 4 aromatic rings. The number of carbonyl (C=O) groups is 1. The molecule has 150 valence electrons. The maximum absolute atomic E-state index is 12.6. The number of carbonyl (C=O) groups excluding carboxylic acids is 1. The lowest BCUT2D eigenvalue weighted by Crippen LogP contribution is -2.51. The normalized spacial score (nSPS) is 17.8. The molecule has 3 aromatic heterocycles. The number of piperidine rings is 1. The third-order valence-electron chi connectivity index (χ3n) is 6.16. The molecule has 5 heterocycles. The quantitative estimate of drug-likeness (QED) is 0.467. The van der Waals surface area contributed by atoms with Crippen LogP contribution in [-0.2, 0) is 5.41 Å². The highest BCUT2D eigenvalue weighted by molar-refractivity contribution is 7.21. The fourth-order valence-corrected chi connectivity index (χ4v) is 5.44. The zero-order valence-corrected chi connectivity index (χ0v) is 17.1. The van der Waals surface area contributed by atoms with Crippen molar-refractivity contribution in [1.82, 2.24) is 30.6 Å². The SMILES string of the molecule is O=C1NCC2(CCNCC2)c2[nH]c(-c3ccnc(-c4nc5ccccc5s4)n3)cc21. The number of hydrogen-bond acceptors (Lipinski definition) is 6. The summed E-state index contributed by atoms with van der Waals surface area (Å²) in [7, 11) is 0. The van der Waals surface area contributed by atoms with Crippen molar-refractivity contribution >= 4 is 27.5 Å². The van der Waals surface area contributed by atoms with Crippen LogP contribution < -0.4 is 10.6 Å². The number of nitrogens with one attached hydrogen (secondary N) is 3. The van der Waals surface area contributed by atoms with Crippen molar-refractivity contribution in [2.45, 2.75) is 18.3 Å². The molecule has 30 heavy (non-hydrogen) atoms. The topological polar surface area (TPSA) is 95.6 Å². The van der Waals surface area contributed by atoms with E-state index in [9.17, 15) is 4.79 Å². The maximum atomic E-state index is 12.6. The fraction of sp³-hybridized carbons (Fsp3) is 0.273. The lowest BCUT2D eigenvalue weighted by atomic mass is 9.73. The second-order valence-electron chi connectivity index (χ2n) is 7.94. The zero-order valence-electron chi connectivity index (χ0n) is 16.2. The summed E-state index contributed by atoms with van der Waals surface area (Å²) in [5.74, 6) is 0.583. The molecular formula is C22H20N6OS. The summed E-state index contributed by atoms with van der Waals surface area (Å²) < 4.78 is 1.11. The minimum atomic E-state index is -0.0321. The number of fused-ring (bicyclic) bond motifs is 3. The lowest BCUT2D eigenvalue weighted by Gasteiger charge is -2.40. The molecular weight excluding hydrogens is 396 g/mol. The zero-order chi connectivity index (χ0) is 20.1. The Bertz CT molecular complexity index is 1240. The smallest absolute Gasteiger partial charge is 0.253 e. The van der Waals surface area contributed by atoms with Gasteiger partial charge in [-0.15, -0.1) is 11.3 Å². The molecule has 0 radical (unpaired) electrons. The number of para-hydroxylation sites is 1. The van der Waals surface area contributed by atoms with E-state index in [-0.39, 0.29) is 11.3 Å². The van der Waals surface area contributed by atoms with Crippen molar-refractivity contribution in [1.29, 1.82) is 0 Å². The van der Waals surface area contributed by atoms with Gasteiger partial charge in [-0.1, -0.05) is 12.1 Å². The molecule has 1 fully saturated rings. The van der Waals surface area contributed by atoms with E-state index in [4.69, 9.17) is 4.98 Å². The summed E-state index contributed by atoms with van der Waals surface area (Å²) >= 11 is 1.58. The highest BCUT2D eigenvalue weighted by atomic mass is 32.1. The van der Waals surface area contributed by atoms with Crippen LogP contribution in [0.2, 0.25) is 0 Å². The van der Waals surface area contributed by atoms with Crippen molar-refractivity contribution < 1.29 is 4.79 Å². The van der Waals surface area contributed by atoms with Crippen LogP contribution >= 0.6 is 11.3 Å². The number of amides is 1. The Morgan fingerprint density at radius 2 is 1.93 bits per heavy atom. The van der Waals surface area contributed by atoms with Gasteiger partial charge in [-0.05, 0) is 50.2 Å². The van der Waals surface area contributed by atoms with E-state index in [2.05, 4.69) is 31.7 Å². The summed E-state index contributed by atoms with van der Waals surface area (Å²) in [5.41, 5.74) is 4.31. The van der Waals surface area contributed by atoms with Crippen molar-refractivity contribution in [3.05, 3.63) is 53.9 Å². The Balaban J connectivity index is 1.42. The maximum Gasteiger partial charge on any atom is 0.253 e. The Hall–Kier alpha value is -3.10. The molecule has 0 atom stereocenters. The number of aromatic nitrogens is 4. The van der Waals surface area contributed by atoms with Gasteiger partial charge in [0.25, 0.3) is 5.91 Å². The van der Waals surface area contributed by atoms with Gasteiger partial charge >= 0.3 is 0 Å². The minimum absolute atomic E-state index is 0.0166. The summed E-state index contributed by atoms with van der Waals surface area (Å²) in [6.07, 6.45) is 3.76. The molecule has 1 aromatic carbocycles. The van der Waals surface area contributed by atoms with E-state index in [1.54, 1.807) is 17.5 Å². The first-order chi connectivity index (χ1) is 14.7. The molecule has 6 rings (SSSR count). The third-order valence-corrected chi connectivity index (χ3v) is 7.19. The van der Waals surface area contributed by atoms with E-state index < -0.39 is 0 Å². The number of thiazole rings is 1. The predicted octanol–water partition coefficient (Wildman–Crippen LogP) is 3.11. The molecule has 0 bridgehead atoms. The van der Waals surface area contributed by atoms with Gasteiger partial charge in [-0.2, -0.15) is 0 Å². The van der Waals surface area contributed by atoms with Gasteiger partial charge in [0.15, 0.2) is 10.8 Å². The highest BCUT2D eigenvalue weighted by Gasteiger charge is 2.42. The van der Waals surface area contributed by atoms with E-state index in [0.29, 0.717) is 12.4 Å². The van der Waals surface area contributed by atoms with Gasteiger partial charge < -0.3 is 15.6 Å². The van der Waals surface area contributed by atoms with Crippen molar-refractivity contribution in [2.24, 2.45) is 0 Å². The van der Waals surface area contributed by atoms with Crippen LogP contribution in [0.3, 0.4) is 0 Å². The Labute approximate surface area is 177 Å². The Morgan fingerprint density at radius 3 is 2.80 bits per heavy atom. The van der Waals surface area contributed by atoms with Crippen molar-refractivity contribution in [3.8, 4) is 22.2 Å². The number of benzene rings is 1.